The number of carbonyl (C=O) groups is 1. The van der Waals surface area contributed by atoms with Gasteiger partial charge in [-0.05, 0) is 25.5 Å². The van der Waals surface area contributed by atoms with Crippen LogP contribution in [-0.4, -0.2) is 16.1 Å². The summed E-state index contributed by atoms with van der Waals surface area (Å²) in [5.74, 6) is 0.399. The maximum Gasteiger partial charge on any atom is 0.156 e. The van der Waals surface area contributed by atoms with Gasteiger partial charge in [0.1, 0.15) is 11.5 Å². The summed E-state index contributed by atoms with van der Waals surface area (Å²) in [4.78, 5) is 11.1. The molecule has 0 atom stereocenters. The molecule has 0 unspecified atom stereocenters. The number of anilines is 1. The zero-order chi connectivity index (χ0) is 12.6. The zero-order valence-electron chi connectivity index (χ0n) is 10.2. The predicted octanol–water partition coefficient (Wildman–Crippen LogP) is 2.10. The number of carbonyl (C=O) groups excluding carboxylic acids is 1. The van der Waals surface area contributed by atoms with Crippen LogP contribution in [0.1, 0.15) is 21.5 Å². The van der Waals surface area contributed by atoms with Crippen molar-refractivity contribution in [1.29, 1.82) is 0 Å². The third-order valence-corrected chi connectivity index (χ3v) is 2.90. The van der Waals surface area contributed by atoms with Crippen molar-refractivity contribution in [2.24, 2.45) is 7.05 Å². The molecule has 0 amide bonds. The highest BCUT2D eigenvalue weighted by Gasteiger charge is 2.16. The van der Waals surface area contributed by atoms with Crippen LogP contribution in [0.4, 0.5) is 5.82 Å². The largest absolute Gasteiger partial charge is 0.383 e. The molecular formula is C13H15N3O. The molecule has 0 aliphatic heterocycles. The van der Waals surface area contributed by atoms with E-state index in [4.69, 9.17) is 5.73 Å². The Balaban J connectivity index is 2.72. The summed E-state index contributed by atoms with van der Waals surface area (Å²) in [6.45, 7) is 4.00. The van der Waals surface area contributed by atoms with Gasteiger partial charge in [-0.15, -0.1) is 0 Å². The average Bonchev–Trinajstić information content (AvgIpc) is 2.58. The van der Waals surface area contributed by atoms with Crippen LogP contribution in [0.25, 0.3) is 11.3 Å². The molecule has 0 aliphatic carbocycles. The smallest absolute Gasteiger partial charge is 0.156 e. The van der Waals surface area contributed by atoms with Crippen LogP contribution in [0.3, 0.4) is 0 Å². The van der Waals surface area contributed by atoms with Crippen molar-refractivity contribution in [3.8, 4) is 11.3 Å². The summed E-state index contributed by atoms with van der Waals surface area (Å²) in [6.07, 6.45) is 0.763. The van der Waals surface area contributed by atoms with Gasteiger partial charge in [0.15, 0.2) is 6.29 Å². The van der Waals surface area contributed by atoms with Crippen LogP contribution >= 0.6 is 0 Å². The molecule has 2 N–H and O–H groups in total. The third kappa shape index (κ3) is 1.82. The molecule has 88 valence electrons. The molecule has 2 aromatic rings. The molecule has 0 fully saturated rings. The first-order chi connectivity index (χ1) is 8.04. The van der Waals surface area contributed by atoms with E-state index in [-0.39, 0.29) is 0 Å². The summed E-state index contributed by atoms with van der Waals surface area (Å²) in [5, 5.41) is 4.31. The molecule has 4 heteroatoms. The molecule has 2 rings (SSSR count). The molecule has 0 saturated carbocycles. The number of rotatable bonds is 2. The third-order valence-electron chi connectivity index (χ3n) is 2.90. The quantitative estimate of drug-likeness (QED) is 0.802. The summed E-state index contributed by atoms with van der Waals surface area (Å²) >= 11 is 0. The lowest BCUT2D eigenvalue weighted by atomic mass is 10.0. The van der Waals surface area contributed by atoms with Crippen LogP contribution in [0, 0.1) is 13.8 Å². The predicted molar refractivity (Wildman–Crippen MR) is 67.9 cm³/mol. The fraction of sp³-hybridized carbons (Fsp3) is 0.231. The highest BCUT2D eigenvalue weighted by molar-refractivity contribution is 5.92. The topological polar surface area (TPSA) is 60.9 Å². The fourth-order valence-corrected chi connectivity index (χ4v) is 1.86. The first-order valence-corrected chi connectivity index (χ1v) is 5.40. The van der Waals surface area contributed by atoms with Crippen molar-refractivity contribution in [3.63, 3.8) is 0 Å². The lowest BCUT2D eigenvalue weighted by molar-refractivity contribution is 0.112. The van der Waals surface area contributed by atoms with Gasteiger partial charge < -0.3 is 5.73 Å². The molecule has 0 radical (unpaired) electrons. The first-order valence-electron chi connectivity index (χ1n) is 5.40. The fourth-order valence-electron chi connectivity index (χ4n) is 1.86. The monoisotopic (exact) mass is 229 g/mol. The Bertz CT molecular complexity index is 585. The second-order valence-electron chi connectivity index (χ2n) is 4.21. The molecule has 1 aromatic carbocycles. The average molecular weight is 229 g/mol. The molecule has 0 saturated heterocycles. The number of hydrogen-bond donors (Lipinski definition) is 1. The summed E-state index contributed by atoms with van der Waals surface area (Å²) in [5.41, 5.74) is 10.1. The minimum Gasteiger partial charge on any atom is -0.383 e. The molecule has 4 nitrogen and oxygen atoms in total. The Morgan fingerprint density at radius 3 is 2.71 bits per heavy atom. The van der Waals surface area contributed by atoms with Gasteiger partial charge in [-0.3, -0.25) is 9.48 Å². The normalized spacial score (nSPS) is 10.5. The number of hydrogen-bond acceptors (Lipinski definition) is 3. The highest BCUT2D eigenvalue weighted by atomic mass is 16.1. The van der Waals surface area contributed by atoms with Crippen LogP contribution in [-0.2, 0) is 7.05 Å². The van der Waals surface area contributed by atoms with Gasteiger partial charge in [-0.1, -0.05) is 17.7 Å². The molecular weight excluding hydrogens is 214 g/mol. The number of aldehydes is 1. The van der Waals surface area contributed by atoms with Crippen molar-refractivity contribution in [3.05, 3.63) is 34.9 Å². The maximum absolute atomic E-state index is 11.1. The van der Waals surface area contributed by atoms with E-state index < -0.39 is 0 Å². The summed E-state index contributed by atoms with van der Waals surface area (Å²) in [6, 6.07) is 6.07. The van der Waals surface area contributed by atoms with Crippen molar-refractivity contribution in [2.75, 3.05) is 5.73 Å². The zero-order valence-corrected chi connectivity index (χ0v) is 10.2. The van der Waals surface area contributed by atoms with E-state index >= 15 is 0 Å². The molecule has 0 spiro atoms. The first kappa shape index (κ1) is 11.4. The number of aromatic nitrogens is 2. The number of nitrogen functional groups attached to an aromatic ring is 1. The van der Waals surface area contributed by atoms with Crippen LogP contribution in [0.2, 0.25) is 0 Å². The summed E-state index contributed by atoms with van der Waals surface area (Å²) in [7, 11) is 1.73. The van der Waals surface area contributed by atoms with E-state index in [1.165, 1.54) is 4.68 Å². The van der Waals surface area contributed by atoms with Crippen LogP contribution in [0.5, 0.6) is 0 Å². The second kappa shape index (κ2) is 4.05. The lowest BCUT2D eigenvalue weighted by Crippen LogP contribution is -1.98. The van der Waals surface area contributed by atoms with Gasteiger partial charge in [0.2, 0.25) is 0 Å². The molecule has 0 aliphatic rings. The van der Waals surface area contributed by atoms with Crippen molar-refractivity contribution in [1.82, 2.24) is 9.78 Å². The van der Waals surface area contributed by atoms with E-state index in [1.807, 2.05) is 32.0 Å². The lowest BCUT2D eigenvalue weighted by Gasteiger charge is -2.04. The van der Waals surface area contributed by atoms with E-state index in [9.17, 15) is 4.79 Å². The molecule has 17 heavy (non-hydrogen) atoms. The van der Waals surface area contributed by atoms with E-state index in [2.05, 4.69) is 5.10 Å². The number of aryl methyl sites for hydroxylation is 3. The van der Waals surface area contributed by atoms with Crippen molar-refractivity contribution < 1.29 is 4.79 Å². The second-order valence-corrected chi connectivity index (χ2v) is 4.21. The number of nitrogens with two attached hydrogens (primary N) is 1. The van der Waals surface area contributed by atoms with E-state index in [0.29, 0.717) is 17.1 Å². The van der Waals surface area contributed by atoms with Crippen molar-refractivity contribution >= 4 is 12.1 Å². The summed E-state index contributed by atoms with van der Waals surface area (Å²) < 4.78 is 1.53. The van der Waals surface area contributed by atoms with Gasteiger partial charge >= 0.3 is 0 Å². The molecule has 1 aromatic heterocycles. The molecule has 1 heterocycles. The van der Waals surface area contributed by atoms with Gasteiger partial charge in [0.05, 0.1) is 5.56 Å². The Labute approximate surface area is 100 Å². The Kier molecular flexibility index (Phi) is 2.71. The highest BCUT2D eigenvalue weighted by Crippen LogP contribution is 2.28. The number of nitrogens with zero attached hydrogens (tertiary/aromatic N) is 2. The van der Waals surface area contributed by atoms with Gasteiger partial charge in [0.25, 0.3) is 0 Å². The van der Waals surface area contributed by atoms with Crippen molar-refractivity contribution in [2.45, 2.75) is 13.8 Å². The van der Waals surface area contributed by atoms with Gasteiger partial charge in [-0.25, -0.2) is 0 Å². The Morgan fingerprint density at radius 2 is 2.06 bits per heavy atom. The SMILES string of the molecule is Cc1ccc(C)c(-c2nn(C)c(N)c2C=O)c1. The minimum atomic E-state index is 0.399. The minimum absolute atomic E-state index is 0.399. The van der Waals surface area contributed by atoms with E-state index in [1.54, 1.807) is 7.05 Å². The maximum atomic E-state index is 11.1. The molecule has 0 bridgehead atoms. The van der Waals surface area contributed by atoms with Crippen LogP contribution in [0.15, 0.2) is 18.2 Å². The Hall–Kier alpha value is -2.10. The Morgan fingerprint density at radius 1 is 1.35 bits per heavy atom. The van der Waals surface area contributed by atoms with Gasteiger partial charge in [0, 0.05) is 12.6 Å². The van der Waals surface area contributed by atoms with Crippen LogP contribution < -0.4 is 5.73 Å². The van der Waals surface area contributed by atoms with E-state index in [0.717, 1.165) is 23.0 Å². The number of benzene rings is 1. The standard InChI is InChI=1S/C13H15N3O/c1-8-4-5-9(2)10(6-8)12-11(7-17)13(14)16(3)15-12/h4-7H,14H2,1-3H3. The van der Waals surface area contributed by atoms with Gasteiger partial charge in [-0.2, -0.15) is 5.10 Å².